The molecule has 2 N–H and O–H groups in total. The number of methoxy groups -OCH3 is 1. The number of nitrogens with zero attached hydrogens (tertiary/aromatic N) is 3. The molecule has 0 bridgehead atoms. The fourth-order valence-corrected chi connectivity index (χ4v) is 5.00. The summed E-state index contributed by atoms with van der Waals surface area (Å²) in [6, 6.07) is 4.84. The van der Waals surface area contributed by atoms with Crippen molar-refractivity contribution >= 4 is 21.6 Å². The van der Waals surface area contributed by atoms with E-state index in [1.54, 1.807) is 24.1 Å². The normalized spacial score (nSPS) is 21.5. The predicted octanol–water partition coefficient (Wildman–Crippen LogP) is 1.07. The van der Waals surface area contributed by atoms with Gasteiger partial charge >= 0.3 is 0 Å². The minimum absolute atomic E-state index is 0.0556. The summed E-state index contributed by atoms with van der Waals surface area (Å²) < 4.78 is 33.2. The third-order valence-corrected chi connectivity index (χ3v) is 6.65. The van der Waals surface area contributed by atoms with Gasteiger partial charge in [0, 0.05) is 31.5 Å². The molecule has 9 nitrogen and oxygen atoms in total. The molecule has 0 radical (unpaired) electrons. The van der Waals surface area contributed by atoms with Crippen LogP contribution in [0.1, 0.15) is 23.3 Å². The van der Waals surface area contributed by atoms with E-state index in [1.807, 2.05) is 0 Å². The van der Waals surface area contributed by atoms with Crippen molar-refractivity contribution in [2.45, 2.75) is 23.9 Å². The maximum Gasteiger partial charge on any atom is 0.274 e. The zero-order valence-electron chi connectivity index (χ0n) is 15.3. The maximum absolute atomic E-state index is 12.6. The lowest BCUT2D eigenvalue weighted by molar-refractivity contribution is 0.0673. The Morgan fingerprint density at radius 3 is 2.71 bits per heavy atom. The van der Waals surface area contributed by atoms with E-state index >= 15 is 0 Å². The first-order chi connectivity index (χ1) is 13.5. The van der Waals surface area contributed by atoms with Gasteiger partial charge in [0.25, 0.3) is 5.91 Å². The van der Waals surface area contributed by atoms with E-state index in [2.05, 4.69) is 20.0 Å². The number of amides is 1. The van der Waals surface area contributed by atoms with Gasteiger partial charge < -0.3 is 15.0 Å². The highest BCUT2D eigenvalue weighted by Gasteiger charge is 2.36. The van der Waals surface area contributed by atoms with Crippen molar-refractivity contribution in [3.05, 3.63) is 42.5 Å². The van der Waals surface area contributed by atoms with Gasteiger partial charge in [-0.05, 0) is 30.9 Å². The SMILES string of the molecule is COc1ccc2c(c1)N[C@@H](C1CCN(C(=O)c3cnccn3)CC1)NS2(=O)=O. The molecule has 1 saturated heterocycles. The Hall–Kier alpha value is -2.72. The number of benzene rings is 1. The largest absolute Gasteiger partial charge is 0.497 e. The molecule has 10 heteroatoms. The molecule has 2 aliphatic rings. The first-order valence-corrected chi connectivity index (χ1v) is 10.5. The Kier molecular flexibility index (Phi) is 4.90. The number of hydrogen-bond acceptors (Lipinski definition) is 7. The summed E-state index contributed by atoms with van der Waals surface area (Å²) in [5.74, 6) is 0.491. The van der Waals surface area contributed by atoms with Gasteiger partial charge in [0.1, 0.15) is 16.3 Å². The van der Waals surface area contributed by atoms with Crippen LogP contribution in [0.25, 0.3) is 0 Å². The van der Waals surface area contributed by atoms with Crippen LogP contribution in [0.3, 0.4) is 0 Å². The second kappa shape index (κ2) is 7.36. The molecule has 0 saturated carbocycles. The molecule has 1 fully saturated rings. The lowest BCUT2D eigenvalue weighted by Gasteiger charge is -2.38. The highest BCUT2D eigenvalue weighted by Crippen LogP contribution is 2.33. The Morgan fingerprint density at radius 2 is 2.04 bits per heavy atom. The number of sulfonamides is 1. The smallest absolute Gasteiger partial charge is 0.274 e. The van der Waals surface area contributed by atoms with E-state index in [9.17, 15) is 13.2 Å². The topological polar surface area (TPSA) is 114 Å². The fraction of sp³-hybridized carbons (Fsp3) is 0.389. The molecule has 148 valence electrons. The summed E-state index contributed by atoms with van der Waals surface area (Å²) >= 11 is 0. The number of carbonyl (C=O) groups is 1. The number of hydrogen-bond donors (Lipinski definition) is 2. The third-order valence-electron chi connectivity index (χ3n) is 5.15. The van der Waals surface area contributed by atoms with Crippen LogP contribution in [-0.4, -0.2) is 55.6 Å². The molecule has 3 heterocycles. The van der Waals surface area contributed by atoms with Gasteiger partial charge in [-0.3, -0.25) is 9.78 Å². The first-order valence-electron chi connectivity index (χ1n) is 9.00. The Labute approximate surface area is 163 Å². The van der Waals surface area contributed by atoms with E-state index in [4.69, 9.17) is 4.74 Å². The average molecular weight is 403 g/mol. The number of piperidine rings is 1. The second-order valence-corrected chi connectivity index (χ2v) is 8.51. The van der Waals surface area contributed by atoms with Crippen molar-refractivity contribution < 1.29 is 17.9 Å². The van der Waals surface area contributed by atoms with Crippen molar-refractivity contribution in [2.75, 3.05) is 25.5 Å². The van der Waals surface area contributed by atoms with Gasteiger partial charge in [0.15, 0.2) is 0 Å². The predicted molar refractivity (Wildman–Crippen MR) is 101 cm³/mol. The Balaban J connectivity index is 1.46. The molecule has 0 unspecified atom stereocenters. The molecule has 0 aliphatic carbocycles. The van der Waals surface area contributed by atoms with E-state index in [0.29, 0.717) is 43.1 Å². The molecule has 2 aromatic rings. The van der Waals surface area contributed by atoms with Crippen molar-refractivity contribution in [3.63, 3.8) is 0 Å². The van der Waals surface area contributed by atoms with Crippen LogP contribution in [-0.2, 0) is 10.0 Å². The van der Waals surface area contributed by atoms with Crippen molar-refractivity contribution in [3.8, 4) is 5.75 Å². The number of carbonyl (C=O) groups excluding carboxylic acids is 1. The number of likely N-dealkylation sites (tertiary alicyclic amines) is 1. The van der Waals surface area contributed by atoms with E-state index in [1.165, 1.54) is 24.7 Å². The number of rotatable bonds is 3. The molecule has 0 spiro atoms. The molecule has 4 rings (SSSR count). The average Bonchev–Trinajstić information content (AvgIpc) is 2.73. The van der Waals surface area contributed by atoms with E-state index in [-0.39, 0.29) is 16.7 Å². The number of ether oxygens (including phenoxy) is 1. The van der Waals surface area contributed by atoms with Crippen LogP contribution in [0.15, 0.2) is 41.7 Å². The van der Waals surface area contributed by atoms with Crippen molar-refractivity contribution in [2.24, 2.45) is 5.92 Å². The lowest BCUT2D eigenvalue weighted by Crippen LogP contribution is -2.52. The van der Waals surface area contributed by atoms with Gasteiger partial charge in [-0.1, -0.05) is 0 Å². The number of anilines is 1. The van der Waals surface area contributed by atoms with Crippen molar-refractivity contribution in [1.82, 2.24) is 19.6 Å². The molecule has 1 aromatic heterocycles. The summed E-state index contributed by atoms with van der Waals surface area (Å²) in [5, 5.41) is 3.28. The Bertz CT molecular complexity index is 975. The first kappa shape index (κ1) is 18.6. The molecule has 1 atom stereocenters. The second-order valence-electron chi connectivity index (χ2n) is 6.83. The fourth-order valence-electron chi connectivity index (χ4n) is 3.63. The highest BCUT2D eigenvalue weighted by molar-refractivity contribution is 7.89. The lowest BCUT2D eigenvalue weighted by atomic mass is 9.93. The van der Waals surface area contributed by atoms with E-state index in [0.717, 1.165) is 0 Å². The van der Waals surface area contributed by atoms with Crippen LogP contribution in [0.2, 0.25) is 0 Å². The highest BCUT2D eigenvalue weighted by atomic mass is 32.2. The van der Waals surface area contributed by atoms with Crippen LogP contribution < -0.4 is 14.8 Å². The summed E-state index contributed by atoms with van der Waals surface area (Å²) in [4.78, 5) is 22.4. The minimum Gasteiger partial charge on any atom is -0.497 e. The van der Waals surface area contributed by atoms with Crippen LogP contribution >= 0.6 is 0 Å². The molecule has 28 heavy (non-hydrogen) atoms. The summed E-state index contributed by atoms with van der Waals surface area (Å²) in [6.45, 7) is 1.07. The number of nitrogens with one attached hydrogen (secondary N) is 2. The van der Waals surface area contributed by atoms with Gasteiger partial charge in [0.05, 0.1) is 25.2 Å². The standard InChI is InChI=1S/C18H21N5O4S/c1-27-13-2-3-16-14(10-13)21-17(22-28(16,25)26)12-4-8-23(9-5-12)18(24)15-11-19-6-7-20-15/h2-3,6-7,10-12,17,21-22H,4-5,8-9H2,1H3/t17-/m1/s1. The summed E-state index contributed by atoms with van der Waals surface area (Å²) in [7, 11) is -2.06. The molecular weight excluding hydrogens is 382 g/mol. The van der Waals surface area contributed by atoms with Crippen molar-refractivity contribution in [1.29, 1.82) is 0 Å². The van der Waals surface area contributed by atoms with Gasteiger partial charge in [-0.25, -0.2) is 13.4 Å². The molecule has 2 aliphatic heterocycles. The quantitative estimate of drug-likeness (QED) is 0.788. The third kappa shape index (κ3) is 3.52. The van der Waals surface area contributed by atoms with Crippen LogP contribution in [0.4, 0.5) is 5.69 Å². The molecule has 1 aromatic carbocycles. The minimum atomic E-state index is -3.61. The number of aromatic nitrogens is 2. The zero-order chi connectivity index (χ0) is 19.7. The molecular formula is C18H21N5O4S. The van der Waals surface area contributed by atoms with Gasteiger partial charge in [-0.2, -0.15) is 4.72 Å². The summed E-state index contributed by atoms with van der Waals surface area (Å²) in [5.41, 5.74) is 0.847. The molecule has 1 amide bonds. The summed E-state index contributed by atoms with van der Waals surface area (Å²) in [6.07, 6.45) is 5.38. The monoisotopic (exact) mass is 403 g/mol. The van der Waals surface area contributed by atoms with Gasteiger partial charge in [-0.15, -0.1) is 0 Å². The van der Waals surface area contributed by atoms with Gasteiger partial charge in [0.2, 0.25) is 10.0 Å². The van der Waals surface area contributed by atoms with Crippen LogP contribution in [0, 0.1) is 5.92 Å². The zero-order valence-corrected chi connectivity index (χ0v) is 16.1. The van der Waals surface area contributed by atoms with Crippen LogP contribution in [0.5, 0.6) is 5.75 Å². The Morgan fingerprint density at radius 1 is 1.25 bits per heavy atom. The maximum atomic E-state index is 12.6. The number of fused-ring (bicyclic) bond motifs is 1. The van der Waals surface area contributed by atoms with E-state index < -0.39 is 16.2 Å².